The number of aromatic amines is 2. The highest BCUT2D eigenvalue weighted by molar-refractivity contribution is 7.81. The van der Waals surface area contributed by atoms with Crippen molar-refractivity contribution in [2.24, 2.45) is 44.8 Å². The van der Waals surface area contributed by atoms with Crippen LogP contribution in [-0.2, 0) is 92.8 Å². The molecule has 132 heavy (non-hydrogen) atoms. The number of guanidine groups is 2. The summed E-state index contributed by atoms with van der Waals surface area (Å²) in [6, 6.07) is 19.9. The van der Waals surface area contributed by atoms with Gasteiger partial charge in [0.2, 0.25) is 82.7 Å². The Morgan fingerprint density at radius 3 is 1.23 bits per heavy atom. The number of carbonyl (C=O) groups excluding carboxylic acids is 14. The number of fused-ring (bicyclic) bond motifs is 4. The SMILES string of the molecule is CC(=O)N[C@@H](Cc1ccccc1)C(=O)NC1CCCNC(=O)[C@H](CCCN=C(N)N)NC(=O)[C@H](Cc2c[nH]c3ccccc23)NC(=O)[C@@H](CC2CCCCC2)NC(=O)[C@@H]2C[C@@H](O)CN2C1=O.CC(=O)N[C@@H](Cc1ccccc1)C(=O)NC1CCCNC(=O)[C@H](CCCN=C(N)N)NC(=O)[C@H](Cc2c[nH]c3ccccc23)NC(=O)[C@@H](CC2CCCCC2)NC(=O)[C@@H]2C[C@H](S)CN2C1=O. The van der Waals surface area contributed by atoms with Crippen molar-refractivity contribution in [1.29, 1.82) is 0 Å². The molecule has 6 fully saturated rings. The molecular formula is C94H130N22O15S. The molecule has 712 valence electrons. The smallest absolute Gasteiger partial charge is 0.245 e. The lowest BCUT2D eigenvalue weighted by Gasteiger charge is -2.32. The zero-order valence-electron chi connectivity index (χ0n) is 75.1. The molecule has 12 rings (SSSR count). The van der Waals surface area contributed by atoms with E-state index in [9.17, 15) is 72.2 Å². The lowest BCUT2D eigenvalue weighted by atomic mass is 9.84. The summed E-state index contributed by atoms with van der Waals surface area (Å²) in [4.78, 5) is 214. The number of hydrogen-bond acceptors (Lipinski definition) is 18. The van der Waals surface area contributed by atoms with Crippen LogP contribution in [0.5, 0.6) is 0 Å². The van der Waals surface area contributed by atoms with Gasteiger partial charge in [0.05, 0.1) is 6.10 Å². The lowest BCUT2D eigenvalue weighted by Crippen LogP contribution is -2.60. The molecule has 38 heteroatoms. The van der Waals surface area contributed by atoms with E-state index in [2.05, 4.69) is 83.8 Å². The van der Waals surface area contributed by atoms with Gasteiger partial charge in [0.1, 0.15) is 72.5 Å². The number of aromatic nitrogens is 2. The molecule has 2 aliphatic carbocycles. The average Bonchev–Trinajstić information content (AvgIpc) is 1.61. The third-order valence-electron chi connectivity index (χ3n) is 25.3. The standard InChI is InChI=1S/C47H65N11O8.C47H65N11O7S/c1-28(59)53-37(22-29-12-4-2-5-13-29)42(62)55-36-19-11-20-50-41(61)35(18-10-21-51-47(48)49)54-44(64)39(24-31-26-52-34-17-9-8-16-33(31)34)56-43(63)38(23-30-14-6-3-7-15-30)57-45(65)40-25-32(60)27-58(40)46(36)66;1-28(59)53-37(22-29-12-4-2-5-13-29)42(61)55-36-19-11-20-50-41(60)35(18-10-21-51-47(48)49)54-44(63)39(24-31-26-52-34-17-9-8-16-33(31)34)56-43(62)38(23-30-14-6-3-7-15-30)57-45(64)40-25-32(66)27-58(40)46(36)65/h2,4-5,8-9,12-13,16-17,26,30,32,35-40,52,60H,3,6-7,10-11,14-15,18-25,27H2,1H3,(H,50,61)(H,53,59)(H,54,64)(H,55,62)(H,56,63)(H,57,65)(H4,48,49,51);2,4-5,8-9,12-13,16-17,26,30,32,35-40,52,66H,3,6-7,10-11,14-15,18-25,27H2,1H3,(H,50,60)(H,53,59)(H,54,63)(H,55,61)(H,56,62)(H,57,64)(H4,48,49,51)/t32-,35+,36?,37+,38-,39+,40+;32-,35-,36?,37-,38+,39-,40-/m10/s1. The van der Waals surface area contributed by atoms with Gasteiger partial charge in [-0.25, -0.2) is 0 Å². The number of aliphatic hydroxyl groups excluding tert-OH is 1. The van der Waals surface area contributed by atoms with Crippen LogP contribution in [-0.4, -0.2) is 243 Å². The number of benzene rings is 4. The molecule has 6 aliphatic rings. The minimum absolute atomic E-state index is 0.00909. The third kappa shape index (κ3) is 29.7. The van der Waals surface area contributed by atoms with E-state index in [1.807, 2.05) is 97.1 Å². The van der Waals surface area contributed by atoms with Gasteiger partial charge in [0.15, 0.2) is 11.9 Å². The van der Waals surface area contributed by atoms with E-state index in [0.717, 1.165) is 108 Å². The zero-order valence-corrected chi connectivity index (χ0v) is 76.0. The molecule has 4 saturated heterocycles. The van der Waals surface area contributed by atoms with Crippen LogP contribution in [0.25, 0.3) is 21.8 Å². The third-order valence-corrected chi connectivity index (χ3v) is 25.7. The fraction of sp³-hybridized carbons (Fsp3) is 0.532. The summed E-state index contributed by atoms with van der Waals surface area (Å²) in [5.41, 5.74) is 26.9. The minimum atomic E-state index is -1.25. The number of aliphatic imine (C=N–C) groups is 2. The first kappa shape index (κ1) is 100.0. The van der Waals surface area contributed by atoms with E-state index in [0.29, 0.717) is 19.3 Å². The minimum Gasteiger partial charge on any atom is -0.391 e. The van der Waals surface area contributed by atoms with Crippen LogP contribution in [0.4, 0.5) is 0 Å². The normalized spacial score (nSPS) is 24.4. The van der Waals surface area contributed by atoms with Gasteiger partial charge in [-0.1, -0.05) is 161 Å². The first-order chi connectivity index (χ1) is 63.5. The molecule has 2 saturated carbocycles. The topological polar surface area (TPSA) is 570 Å². The van der Waals surface area contributed by atoms with Crippen molar-refractivity contribution < 1.29 is 72.2 Å². The quantitative estimate of drug-likeness (QED) is 0.0158. The number of amides is 14. The number of nitrogens with zero attached hydrogens (tertiary/aromatic N) is 4. The number of nitrogens with two attached hydrogens (primary N) is 4. The largest absolute Gasteiger partial charge is 0.391 e. The van der Waals surface area contributed by atoms with Gasteiger partial charge in [0, 0.05) is 125 Å². The van der Waals surface area contributed by atoms with E-state index >= 15 is 0 Å². The number of thiol groups is 1. The maximum atomic E-state index is 14.7. The first-order valence-electron chi connectivity index (χ1n) is 46.3. The van der Waals surface area contributed by atoms with Crippen molar-refractivity contribution in [3.63, 3.8) is 0 Å². The van der Waals surface area contributed by atoms with Gasteiger partial charge in [-0.3, -0.25) is 77.1 Å². The summed E-state index contributed by atoms with van der Waals surface area (Å²) >= 11 is 4.70. The van der Waals surface area contributed by atoms with Crippen molar-refractivity contribution >= 4 is 129 Å². The summed E-state index contributed by atoms with van der Waals surface area (Å²) in [5, 5.41) is 46.6. The molecule has 6 heterocycles. The summed E-state index contributed by atoms with van der Waals surface area (Å²) in [6.45, 7) is 2.91. The van der Waals surface area contributed by atoms with Crippen LogP contribution >= 0.6 is 12.6 Å². The highest BCUT2D eigenvalue weighted by Crippen LogP contribution is 2.32. The fourth-order valence-electron chi connectivity index (χ4n) is 18.6. The molecule has 14 amide bonds. The number of para-hydroxylation sites is 2. The lowest BCUT2D eigenvalue weighted by molar-refractivity contribution is -0.143. The fourth-order valence-corrected chi connectivity index (χ4v) is 18.9. The van der Waals surface area contributed by atoms with Crippen molar-refractivity contribution in [1.82, 2.24) is 83.6 Å². The second-order valence-electron chi connectivity index (χ2n) is 35.5. The first-order valence-corrected chi connectivity index (χ1v) is 46.8. The Balaban J connectivity index is 0.000000255. The summed E-state index contributed by atoms with van der Waals surface area (Å²) in [7, 11) is 0. The Kier molecular flexibility index (Phi) is 37.5. The Labute approximate surface area is 773 Å². The van der Waals surface area contributed by atoms with Gasteiger partial charge in [-0.05, 0) is 117 Å². The van der Waals surface area contributed by atoms with E-state index < -0.39 is 167 Å². The molecule has 6 aromatic rings. The van der Waals surface area contributed by atoms with Crippen molar-refractivity contribution in [3.8, 4) is 0 Å². The van der Waals surface area contributed by atoms with Crippen LogP contribution in [0.15, 0.2) is 132 Å². The van der Waals surface area contributed by atoms with E-state index in [1.165, 1.54) is 23.6 Å². The molecule has 0 radical (unpaired) electrons. The summed E-state index contributed by atoms with van der Waals surface area (Å²) in [5.74, 6) is -8.01. The second-order valence-corrected chi connectivity index (χ2v) is 36.3. The summed E-state index contributed by atoms with van der Waals surface area (Å²) in [6.07, 6.45) is 14.3. The van der Waals surface area contributed by atoms with Crippen molar-refractivity contribution in [2.45, 2.75) is 265 Å². The van der Waals surface area contributed by atoms with Crippen LogP contribution in [0.1, 0.15) is 177 Å². The molecule has 23 N–H and O–H groups in total. The second kappa shape index (κ2) is 49.6. The number of hydrogen-bond donors (Lipinski definition) is 20. The maximum absolute atomic E-state index is 14.7. The predicted molar refractivity (Wildman–Crippen MR) is 501 cm³/mol. The highest BCUT2D eigenvalue weighted by atomic mass is 32.1. The monoisotopic (exact) mass is 1840 g/mol. The van der Waals surface area contributed by atoms with Crippen LogP contribution in [0, 0.1) is 11.8 Å². The van der Waals surface area contributed by atoms with Gasteiger partial charge in [-0.2, -0.15) is 12.6 Å². The van der Waals surface area contributed by atoms with Crippen LogP contribution in [0.3, 0.4) is 0 Å². The predicted octanol–water partition coefficient (Wildman–Crippen LogP) is 1.52. The van der Waals surface area contributed by atoms with Crippen molar-refractivity contribution in [2.75, 3.05) is 39.3 Å². The Morgan fingerprint density at radius 2 is 0.818 bits per heavy atom. The van der Waals surface area contributed by atoms with Gasteiger partial charge < -0.3 is 112 Å². The maximum Gasteiger partial charge on any atom is 0.245 e. The van der Waals surface area contributed by atoms with Crippen LogP contribution < -0.4 is 86.7 Å². The number of rotatable bonds is 26. The van der Waals surface area contributed by atoms with Gasteiger partial charge >= 0.3 is 0 Å². The molecule has 4 aliphatic heterocycles. The molecule has 2 unspecified atom stereocenters. The summed E-state index contributed by atoms with van der Waals surface area (Å²) < 4.78 is 0. The molecule has 0 spiro atoms. The van der Waals surface area contributed by atoms with Crippen LogP contribution in [0.2, 0.25) is 0 Å². The number of nitrogens with one attached hydrogen (secondary N) is 14. The Morgan fingerprint density at radius 1 is 0.447 bits per heavy atom. The molecule has 14 atom stereocenters. The zero-order chi connectivity index (χ0) is 94.3. The average molecular weight is 1840 g/mol. The van der Waals surface area contributed by atoms with E-state index in [4.69, 9.17) is 35.6 Å². The van der Waals surface area contributed by atoms with Crippen molar-refractivity contribution in [3.05, 3.63) is 144 Å². The Hall–Kier alpha value is -12.6. The molecule has 0 bridgehead atoms. The van der Waals surface area contributed by atoms with E-state index in [1.54, 1.807) is 24.5 Å². The van der Waals surface area contributed by atoms with Gasteiger partial charge in [-0.15, -0.1) is 0 Å². The van der Waals surface area contributed by atoms with Gasteiger partial charge in [0.25, 0.3) is 0 Å². The highest BCUT2D eigenvalue weighted by Gasteiger charge is 2.46. The molecule has 4 aromatic carbocycles. The molecule has 37 nitrogen and oxygen atoms in total. The number of aliphatic hydroxyl groups is 1. The molecular weight excluding hydrogens is 1710 g/mol. The Bertz CT molecular complexity index is 4730. The molecule has 2 aromatic heterocycles. The number of carbonyl (C=O) groups is 14. The van der Waals surface area contributed by atoms with E-state index in [-0.39, 0.29) is 146 Å². The number of H-pyrrole nitrogens is 2.